The molecule has 0 unspecified atom stereocenters. The number of piperidine rings is 1. The van der Waals surface area contributed by atoms with Gasteiger partial charge >= 0.3 is 6.03 Å². The Balaban J connectivity index is 0.00000420. The molecular formula is C26H32ClN9O3. The van der Waals surface area contributed by atoms with Gasteiger partial charge < -0.3 is 26.2 Å². The highest BCUT2D eigenvalue weighted by Gasteiger charge is 2.33. The summed E-state index contributed by atoms with van der Waals surface area (Å²) in [5.41, 5.74) is 6.85. The van der Waals surface area contributed by atoms with E-state index in [-0.39, 0.29) is 36.7 Å². The second kappa shape index (κ2) is 13.0. The number of halogens is 1. The number of likely N-dealkylation sites (N-methyl/N-ethyl adjacent to an activating group) is 1. The van der Waals surface area contributed by atoms with E-state index < -0.39 is 6.03 Å². The Morgan fingerprint density at radius 1 is 1.21 bits per heavy atom. The fourth-order valence-electron chi connectivity index (χ4n) is 4.68. The SMILES string of the molecule is C[C@@H]1CCN(C(=O)CC#N)C[C@@H]1N(C)c1ncnc2c1ccn2C(=O)Nc1ccc(C(=O)NCCN)cc1.Cl. The van der Waals surface area contributed by atoms with Crippen LogP contribution >= 0.6 is 12.4 Å². The minimum atomic E-state index is -0.410. The number of likely N-dealkylation sites (tertiary alicyclic amines) is 1. The summed E-state index contributed by atoms with van der Waals surface area (Å²) in [6, 6.07) is 9.86. The summed E-state index contributed by atoms with van der Waals surface area (Å²) in [7, 11) is 1.92. The van der Waals surface area contributed by atoms with Gasteiger partial charge in [0.1, 0.15) is 18.6 Å². The van der Waals surface area contributed by atoms with Gasteiger partial charge in [0, 0.05) is 50.7 Å². The van der Waals surface area contributed by atoms with Gasteiger partial charge in [0.15, 0.2) is 5.65 Å². The molecule has 1 aromatic carbocycles. The fraction of sp³-hybridized carbons (Fsp3) is 0.385. The van der Waals surface area contributed by atoms with Crippen molar-refractivity contribution in [2.75, 3.05) is 43.4 Å². The first-order valence-electron chi connectivity index (χ1n) is 12.4. The van der Waals surface area contributed by atoms with E-state index in [1.54, 1.807) is 41.4 Å². The number of aromatic nitrogens is 3. The standard InChI is InChI=1S/C26H31N9O3.ClH/c1-17-8-13-34(22(36)7-10-27)15-21(17)33(2)23-20-9-14-35(24(20)31-16-30-23)26(38)32-19-5-3-18(4-6-19)25(37)29-12-11-28;/h3-6,9,14,16-17,21H,7-8,11-13,15,28H2,1-2H3,(H,29,37)(H,32,38);1H/t17-,21+;/m1./s1. The van der Waals surface area contributed by atoms with Crippen molar-refractivity contribution in [3.8, 4) is 6.07 Å². The van der Waals surface area contributed by atoms with Crippen LogP contribution < -0.4 is 21.3 Å². The summed E-state index contributed by atoms with van der Waals surface area (Å²) in [5, 5.41) is 15.1. The average Bonchev–Trinajstić information content (AvgIpc) is 3.37. The molecule has 4 rings (SSSR count). The van der Waals surface area contributed by atoms with Crippen LogP contribution in [0.3, 0.4) is 0 Å². The topological polar surface area (TPSA) is 162 Å². The van der Waals surface area contributed by atoms with Crippen molar-refractivity contribution in [3.63, 3.8) is 0 Å². The number of carbonyl (C=O) groups is 3. The summed E-state index contributed by atoms with van der Waals surface area (Å²) >= 11 is 0. The van der Waals surface area contributed by atoms with Gasteiger partial charge in [0.05, 0.1) is 17.5 Å². The lowest BCUT2D eigenvalue weighted by Crippen LogP contribution is -2.52. The Labute approximate surface area is 232 Å². The van der Waals surface area contributed by atoms with Gasteiger partial charge in [-0.2, -0.15) is 5.26 Å². The third kappa shape index (κ3) is 6.45. The first-order chi connectivity index (χ1) is 18.3. The van der Waals surface area contributed by atoms with Crippen LogP contribution in [0.5, 0.6) is 0 Å². The van der Waals surface area contributed by atoms with Crippen LogP contribution in [-0.4, -0.2) is 76.5 Å². The van der Waals surface area contributed by atoms with Crippen LogP contribution in [0.15, 0.2) is 42.9 Å². The van der Waals surface area contributed by atoms with Crippen molar-refractivity contribution in [3.05, 3.63) is 48.4 Å². The number of nitriles is 1. The van der Waals surface area contributed by atoms with Gasteiger partial charge in [-0.05, 0) is 42.7 Å². The summed E-state index contributed by atoms with van der Waals surface area (Å²) in [4.78, 5) is 50.1. The zero-order valence-electron chi connectivity index (χ0n) is 21.8. The van der Waals surface area contributed by atoms with Gasteiger partial charge in [-0.3, -0.25) is 14.2 Å². The third-order valence-electron chi connectivity index (χ3n) is 6.84. The largest absolute Gasteiger partial charge is 0.354 e. The van der Waals surface area contributed by atoms with Crippen molar-refractivity contribution >= 4 is 52.8 Å². The molecular weight excluding hydrogens is 522 g/mol. The second-order valence-electron chi connectivity index (χ2n) is 9.29. The smallest absolute Gasteiger partial charge is 0.331 e. The number of hydrogen-bond donors (Lipinski definition) is 3. The maximum absolute atomic E-state index is 13.1. The summed E-state index contributed by atoms with van der Waals surface area (Å²) < 4.78 is 1.41. The Morgan fingerprint density at radius 3 is 2.64 bits per heavy atom. The second-order valence-corrected chi connectivity index (χ2v) is 9.29. The predicted molar refractivity (Wildman–Crippen MR) is 150 cm³/mol. The van der Waals surface area contributed by atoms with Gasteiger partial charge in [-0.1, -0.05) is 6.92 Å². The zero-order valence-corrected chi connectivity index (χ0v) is 22.6. The first kappa shape index (κ1) is 29.3. The molecule has 39 heavy (non-hydrogen) atoms. The minimum Gasteiger partial charge on any atom is -0.354 e. The Hall–Kier alpha value is -4.21. The number of amides is 3. The van der Waals surface area contributed by atoms with E-state index in [4.69, 9.17) is 11.0 Å². The normalized spacial score (nSPS) is 16.6. The van der Waals surface area contributed by atoms with Crippen molar-refractivity contribution < 1.29 is 14.4 Å². The van der Waals surface area contributed by atoms with Gasteiger partial charge in [0.25, 0.3) is 5.91 Å². The maximum Gasteiger partial charge on any atom is 0.331 e. The molecule has 206 valence electrons. The van der Waals surface area contributed by atoms with Crippen LogP contribution in [0, 0.1) is 17.2 Å². The lowest BCUT2D eigenvalue weighted by atomic mass is 9.92. The third-order valence-corrected chi connectivity index (χ3v) is 6.84. The fourth-order valence-corrected chi connectivity index (χ4v) is 4.68. The number of nitrogens with zero attached hydrogens (tertiary/aromatic N) is 6. The van der Waals surface area contributed by atoms with Gasteiger partial charge in [0.2, 0.25) is 5.91 Å². The first-order valence-corrected chi connectivity index (χ1v) is 12.4. The maximum atomic E-state index is 13.1. The number of rotatable bonds is 7. The number of fused-ring (bicyclic) bond motifs is 1. The lowest BCUT2D eigenvalue weighted by molar-refractivity contribution is -0.131. The molecule has 2 aromatic heterocycles. The monoisotopic (exact) mass is 553 g/mol. The number of benzene rings is 1. The Kier molecular flexibility index (Phi) is 9.81. The molecule has 4 N–H and O–H groups in total. The molecule has 0 radical (unpaired) electrons. The molecule has 2 atom stereocenters. The molecule has 0 saturated carbocycles. The number of nitrogens with two attached hydrogens (primary N) is 1. The van der Waals surface area contributed by atoms with Crippen LogP contribution in [0.4, 0.5) is 16.3 Å². The molecule has 1 fully saturated rings. The van der Waals surface area contributed by atoms with E-state index in [2.05, 4.69) is 27.5 Å². The van der Waals surface area contributed by atoms with E-state index in [9.17, 15) is 14.4 Å². The van der Waals surface area contributed by atoms with Crippen molar-refractivity contribution in [2.45, 2.75) is 25.8 Å². The molecule has 13 heteroatoms. The Morgan fingerprint density at radius 2 is 1.95 bits per heavy atom. The van der Waals surface area contributed by atoms with Crippen molar-refractivity contribution in [1.82, 2.24) is 24.8 Å². The van der Waals surface area contributed by atoms with E-state index in [1.807, 2.05) is 18.0 Å². The number of anilines is 2. The van der Waals surface area contributed by atoms with Crippen molar-refractivity contribution in [2.24, 2.45) is 11.7 Å². The summed E-state index contributed by atoms with van der Waals surface area (Å²) in [6.07, 6.45) is 3.73. The van der Waals surface area contributed by atoms with Gasteiger partial charge in [-0.15, -0.1) is 12.4 Å². The highest BCUT2D eigenvalue weighted by molar-refractivity contribution is 6.00. The van der Waals surface area contributed by atoms with E-state index in [1.165, 1.54) is 10.9 Å². The summed E-state index contributed by atoms with van der Waals surface area (Å²) in [6.45, 7) is 3.99. The van der Waals surface area contributed by atoms with Crippen LogP contribution in [0.1, 0.15) is 30.1 Å². The highest BCUT2D eigenvalue weighted by Crippen LogP contribution is 2.29. The number of nitrogens with one attached hydrogen (secondary N) is 2. The molecule has 3 heterocycles. The van der Waals surface area contributed by atoms with Gasteiger partial charge in [-0.25, -0.2) is 14.8 Å². The highest BCUT2D eigenvalue weighted by atomic mass is 35.5. The molecule has 0 aliphatic carbocycles. The quantitative estimate of drug-likeness (QED) is 0.401. The number of carbonyl (C=O) groups excluding carboxylic acids is 3. The van der Waals surface area contributed by atoms with Crippen molar-refractivity contribution in [1.29, 1.82) is 5.26 Å². The Bertz CT molecular complexity index is 1370. The van der Waals surface area contributed by atoms with Crippen LogP contribution in [0.25, 0.3) is 11.0 Å². The average molecular weight is 554 g/mol. The summed E-state index contributed by atoms with van der Waals surface area (Å²) in [5.74, 6) is 0.545. The molecule has 0 spiro atoms. The molecule has 3 amide bonds. The van der Waals surface area contributed by atoms with E-state index in [0.29, 0.717) is 60.2 Å². The molecule has 0 bridgehead atoms. The van der Waals surface area contributed by atoms with Crippen LogP contribution in [0.2, 0.25) is 0 Å². The molecule has 1 aliphatic heterocycles. The lowest BCUT2D eigenvalue weighted by Gasteiger charge is -2.42. The molecule has 1 saturated heterocycles. The molecule has 12 nitrogen and oxygen atoms in total. The minimum absolute atomic E-state index is 0. The van der Waals surface area contributed by atoms with E-state index >= 15 is 0 Å². The van der Waals surface area contributed by atoms with E-state index in [0.717, 1.165) is 6.42 Å². The predicted octanol–water partition coefficient (Wildman–Crippen LogP) is 2.21. The zero-order chi connectivity index (χ0) is 27.2. The molecule has 1 aliphatic rings. The molecule has 3 aromatic rings. The number of hydrogen-bond acceptors (Lipinski definition) is 8. The van der Waals surface area contributed by atoms with Crippen LogP contribution in [-0.2, 0) is 4.79 Å².